The van der Waals surface area contributed by atoms with Crippen molar-refractivity contribution in [3.63, 3.8) is 0 Å². The Labute approximate surface area is 74.3 Å². The number of Topliss-reactive ketones (excluding diaryl/α,β-unsaturated/α-hetero) is 2. The molecule has 0 heterocycles. The van der Waals surface area contributed by atoms with Crippen LogP contribution in [0.4, 0.5) is 0 Å². The van der Waals surface area contributed by atoms with Gasteiger partial charge in [0, 0.05) is 12.3 Å². The van der Waals surface area contributed by atoms with E-state index < -0.39 is 0 Å². The zero-order chi connectivity index (χ0) is 9.56. The molecule has 2 heteroatoms. The van der Waals surface area contributed by atoms with Gasteiger partial charge in [0.1, 0.15) is 11.6 Å². The maximum atomic E-state index is 11.1. The molecule has 12 heavy (non-hydrogen) atoms. The fourth-order valence-electron chi connectivity index (χ4n) is 0.861. The van der Waals surface area contributed by atoms with Gasteiger partial charge in [0.05, 0.1) is 6.42 Å². The van der Waals surface area contributed by atoms with Gasteiger partial charge in [0.25, 0.3) is 0 Å². The Morgan fingerprint density at radius 2 is 1.83 bits per heavy atom. The van der Waals surface area contributed by atoms with E-state index in [1.54, 1.807) is 0 Å². The number of rotatable bonds is 6. The molecule has 0 aromatic rings. The topological polar surface area (TPSA) is 34.1 Å². The third-order valence-corrected chi connectivity index (χ3v) is 1.82. The molecule has 0 radical (unpaired) electrons. The molecule has 0 aromatic heterocycles. The SMILES string of the molecule is CCCCC(=O)CC(=O)C(C)C. The van der Waals surface area contributed by atoms with Gasteiger partial charge < -0.3 is 0 Å². The van der Waals surface area contributed by atoms with Gasteiger partial charge in [-0.3, -0.25) is 9.59 Å². The Morgan fingerprint density at radius 1 is 1.25 bits per heavy atom. The van der Waals surface area contributed by atoms with E-state index in [1.807, 2.05) is 20.8 Å². The molecule has 0 N–H and O–H groups in total. The summed E-state index contributed by atoms with van der Waals surface area (Å²) in [5.41, 5.74) is 0. The third-order valence-electron chi connectivity index (χ3n) is 1.82. The van der Waals surface area contributed by atoms with Gasteiger partial charge in [-0.15, -0.1) is 0 Å². The van der Waals surface area contributed by atoms with E-state index in [2.05, 4.69) is 0 Å². The first kappa shape index (κ1) is 11.3. The lowest BCUT2D eigenvalue weighted by molar-refractivity contribution is -0.128. The zero-order valence-corrected chi connectivity index (χ0v) is 8.22. The van der Waals surface area contributed by atoms with Crippen LogP contribution in [0.1, 0.15) is 46.5 Å². The molecule has 0 unspecified atom stereocenters. The fourth-order valence-corrected chi connectivity index (χ4v) is 0.861. The zero-order valence-electron chi connectivity index (χ0n) is 8.22. The molecule has 0 atom stereocenters. The Bertz CT molecular complexity index is 159. The normalized spacial score (nSPS) is 10.3. The first-order chi connectivity index (χ1) is 5.57. The molecule has 2 nitrogen and oxygen atoms in total. The molecule has 0 saturated carbocycles. The van der Waals surface area contributed by atoms with Crippen molar-refractivity contribution in [2.75, 3.05) is 0 Å². The van der Waals surface area contributed by atoms with Crippen molar-refractivity contribution >= 4 is 11.6 Å². The van der Waals surface area contributed by atoms with Crippen LogP contribution in [0.3, 0.4) is 0 Å². The highest BCUT2D eigenvalue weighted by Gasteiger charge is 2.11. The molecule has 0 rings (SSSR count). The largest absolute Gasteiger partial charge is 0.299 e. The molecule has 0 aliphatic heterocycles. The second-order valence-electron chi connectivity index (χ2n) is 3.44. The number of carbonyl (C=O) groups is 2. The summed E-state index contributed by atoms with van der Waals surface area (Å²) in [4.78, 5) is 22.2. The Balaban J connectivity index is 3.62. The lowest BCUT2D eigenvalue weighted by atomic mass is 10.0. The maximum Gasteiger partial charge on any atom is 0.142 e. The summed E-state index contributed by atoms with van der Waals surface area (Å²) in [5.74, 6) is 0.155. The molecule has 0 bridgehead atoms. The van der Waals surface area contributed by atoms with Crippen LogP contribution in [-0.2, 0) is 9.59 Å². The summed E-state index contributed by atoms with van der Waals surface area (Å²) in [5, 5.41) is 0. The van der Waals surface area contributed by atoms with Gasteiger partial charge in [0.15, 0.2) is 0 Å². The lowest BCUT2D eigenvalue weighted by Gasteiger charge is -2.02. The molecule has 0 aromatic carbocycles. The van der Waals surface area contributed by atoms with E-state index in [4.69, 9.17) is 0 Å². The third kappa shape index (κ3) is 5.05. The molecule has 0 amide bonds. The first-order valence-electron chi connectivity index (χ1n) is 4.62. The van der Waals surface area contributed by atoms with Crippen molar-refractivity contribution in [1.29, 1.82) is 0 Å². The predicted octanol–water partition coefficient (Wildman–Crippen LogP) is 2.36. The van der Waals surface area contributed by atoms with Gasteiger partial charge in [-0.1, -0.05) is 27.2 Å². The van der Waals surface area contributed by atoms with E-state index >= 15 is 0 Å². The van der Waals surface area contributed by atoms with Gasteiger partial charge in [-0.2, -0.15) is 0 Å². The summed E-state index contributed by atoms with van der Waals surface area (Å²) >= 11 is 0. The molecule has 0 spiro atoms. The number of ketones is 2. The van der Waals surface area contributed by atoms with Crippen LogP contribution in [0.25, 0.3) is 0 Å². The van der Waals surface area contributed by atoms with E-state index in [9.17, 15) is 9.59 Å². The van der Waals surface area contributed by atoms with E-state index in [0.717, 1.165) is 12.8 Å². The summed E-state index contributed by atoms with van der Waals surface area (Å²) in [6, 6.07) is 0. The minimum atomic E-state index is -0.00410. The monoisotopic (exact) mass is 170 g/mol. The van der Waals surface area contributed by atoms with Gasteiger partial charge in [0.2, 0.25) is 0 Å². The Morgan fingerprint density at radius 3 is 2.25 bits per heavy atom. The van der Waals surface area contributed by atoms with E-state index in [1.165, 1.54) is 0 Å². The second kappa shape index (κ2) is 5.92. The predicted molar refractivity (Wildman–Crippen MR) is 49.0 cm³/mol. The Kier molecular flexibility index (Phi) is 5.60. The van der Waals surface area contributed by atoms with Crippen molar-refractivity contribution < 1.29 is 9.59 Å². The minimum absolute atomic E-state index is 0.00410. The van der Waals surface area contributed by atoms with Crippen molar-refractivity contribution in [1.82, 2.24) is 0 Å². The minimum Gasteiger partial charge on any atom is -0.299 e. The fraction of sp³-hybridized carbons (Fsp3) is 0.800. The smallest absolute Gasteiger partial charge is 0.142 e. The van der Waals surface area contributed by atoms with E-state index in [-0.39, 0.29) is 23.9 Å². The molecular weight excluding hydrogens is 152 g/mol. The van der Waals surface area contributed by atoms with Crippen LogP contribution >= 0.6 is 0 Å². The van der Waals surface area contributed by atoms with Crippen LogP contribution in [0.2, 0.25) is 0 Å². The van der Waals surface area contributed by atoms with Crippen LogP contribution in [0, 0.1) is 5.92 Å². The lowest BCUT2D eigenvalue weighted by Crippen LogP contribution is -2.12. The van der Waals surface area contributed by atoms with Gasteiger partial charge in [-0.25, -0.2) is 0 Å². The number of hydrogen-bond donors (Lipinski definition) is 0. The number of carbonyl (C=O) groups excluding carboxylic acids is 2. The summed E-state index contributed by atoms with van der Waals surface area (Å²) < 4.78 is 0. The number of hydrogen-bond acceptors (Lipinski definition) is 2. The van der Waals surface area contributed by atoms with Crippen LogP contribution in [0.5, 0.6) is 0 Å². The molecule has 0 saturated heterocycles. The van der Waals surface area contributed by atoms with E-state index in [0.29, 0.717) is 6.42 Å². The quantitative estimate of drug-likeness (QED) is 0.573. The van der Waals surface area contributed by atoms with Crippen LogP contribution < -0.4 is 0 Å². The standard InChI is InChI=1S/C10H18O2/c1-4-5-6-9(11)7-10(12)8(2)3/h8H,4-7H2,1-3H3. The molecule has 0 aliphatic carbocycles. The average Bonchev–Trinajstić information content (AvgIpc) is 2.00. The molecular formula is C10H18O2. The highest BCUT2D eigenvalue weighted by Crippen LogP contribution is 2.03. The summed E-state index contributed by atoms with van der Waals surface area (Å²) in [6.45, 7) is 5.70. The van der Waals surface area contributed by atoms with Crippen molar-refractivity contribution in [3.8, 4) is 0 Å². The Hall–Kier alpha value is -0.660. The van der Waals surface area contributed by atoms with Crippen molar-refractivity contribution in [3.05, 3.63) is 0 Å². The van der Waals surface area contributed by atoms with Gasteiger partial charge >= 0.3 is 0 Å². The highest BCUT2D eigenvalue weighted by atomic mass is 16.1. The van der Waals surface area contributed by atoms with Crippen molar-refractivity contribution in [2.24, 2.45) is 5.92 Å². The molecule has 0 aliphatic rings. The summed E-state index contributed by atoms with van der Waals surface area (Å²) in [7, 11) is 0. The van der Waals surface area contributed by atoms with Crippen LogP contribution in [-0.4, -0.2) is 11.6 Å². The number of unbranched alkanes of at least 4 members (excludes halogenated alkanes) is 1. The summed E-state index contributed by atoms with van der Waals surface area (Å²) in [6.07, 6.45) is 2.62. The van der Waals surface area contributed by atoms with Crippen LogP contribution in [0.15, 0.2) is 0 Å². The second-order valence-corrected chi connectivity index (χ2v) is 3.44. The van der Waals surface area contributed by atoms with Crippen molar-refractivity contribution in [2.45, 2.75) is 46.5 Å². The first-order valence-corrected chi connectivity index (χ1v) is 4.62. The highest BCUT2D eigenvalue weighted by molar-refractivity contribution is 5.99. The maximum absolute atomic E-state index is 11.1. The molecule has 70 valence electrons. The average molecular weight is 170 g/mol. The van der Waals surface area contributed by atoms with Gasteiger partial charge in [-0.05, 0) is 6.42 Å². The molecule has 0 fully saturated rings.